The first-order valence-corrected chi connectivity index (χ1v) is 10.5. The SMILES string of the molecule is Nc1nc(N)c(-c2ccc(NCCc3ccncc3)cc2)c(COCc2ccccc2)n1. The van der Waals surface area contributed by atoms with Crippen LogP contribution in [0.1, 0.15) is 16.8 Å². The maximum Gasteiger partial charge on any atom is 0.222 e. The van der Waals surface area contributed by atoms with E-state index in [9.17, 15) is 0 Å². The second-order valence-electron chi connectivity index (χ2n) is 7.38. The molecule has 0 aliphatic carbocycles. The van der Waals surface area contributed by atoms with Crippen molar-refractivity contribution in [3.63, 3.8) is 0 Å². The topological polar surface area (TPSA) is 112 Å². The normalized spacial score (nSPS) is 10.8. The number of nitrogens with zero attached hydrogens (tertiary/aromatic N) is 3. The molecular weight excluding hydrogens is 400 g/mol. The van der Waals surface area contributed by atoms with Crippen molar-refractivity contribution in [2.45, 2.75) is 19.6 Å². The van der Waals surface area contributed by atoms with Gasteiger partial charge in [-0.05, 0) is 47.4 Å². The fourth-order valence-corrected chi connectivity index (χ4v) is 3.46. The van der Waals surface area contributed by atoms with E-state index in [2.05, 4.69) is 20.3 Å². The number of hydrogen-bond acceptors (Lipinski definition) is 7. The van der Waals surface area contributed by atoms with Crippen LogP contribution in [-0.4, -0.2) is 21.5 Å². The van der Waals surface area contributed by atoms with Crippen molar-refractivity contribution in [1.82, 2.24) is 15.0 Å². The van der Waals surface area contributed by atoms with Gasteiger partial charge >= 0.3 is 0 Å². The molecule has 0 bridgehead atoms. The molecule has 0 fully saturated rings. The molecule has 2 aromatic heterocycles. The zero-order chi connectivity index (χ0) is 22.2. The van der Waals surface area contributed by atoms with Crippen molar-refractivity contribution in [3.8, 4) is 11.1 Å². The molecule has 0 saturated heterocycles. The lowest BCUT2D eigenvalue weighted by Gasteiger charge is -2.13. The van der Waals surface area contributed by atoms with E-state index in [1.54, 1.807) is 0 Å². The highest BCUT2D eigenvalue weighted by atomic mass is 16.5. The third-order valence-corrected chi connectivity index (χ3v) is 5.05. The summed E-state index contributed by atoms with van der Waals surface area (Å²) in [6, 6.07) is 22.1. The Morgan fingerprint density at radius 1 is 0.781 bits per heavy atom. The van der Waals surface area contributed by atoms with E-state index < -0.39 is 0 Å². The van der Waals surface area contributed by atoms with Crippen LogP contribution in [0.3, 0.4) is 0 Å². The second kappa shape index (κ2) is 10.4. The molecular formula is C25H26N6O. The lowest BCUT2D eigenvalue weighted by Crippen LogP contribution is -2.08. The largest absolute Gasteiger partial charge is 0.385 e. The van der Waals surface area contributed by atoms with Gasteiger partial charge in [0.25, 0.3) is 0 Å². The summed E-state index contributed by atoms with van der Waals surface area (Å²) in [5.74, 6) is 0.480. The molecule has 0 radical (unpaired) electrons. The van der Waals surface area contributed by atoms with E-state index >= 15 is 0 Å². The average molecular weight is 427 g/mol. The van der Waals surface area contributed by atoms with E-state index in [4.69, 9.17) is 16.2 Å². The standard InChI is InChI=1S/C25H26N6O/c26-24-23(22(30-25(27)31-24)17-32-16-19-4-2-1-3-5-19)20-6-8-21(9-7-20)29-15-12-18-10-13-28-14-11-18/h1-11,13-14,29H,12,15-17H2,(H4,26,27,30,31). The Morgan fingerprint density at radius 3 is 2.28 bits per heavy atom. The van der Waals surface area contributed by atoms with E-state index in [0.717, 1.165) is 35.3 Å². The molecule has 0 unspecified atom stereocenters. The van der Waals surface area contributed by atoms with Gasteiger partial charge in [0.2, 0.25) is 5.95 Å². The number of nitrogens with one attached hydrogen (secondary N) is 1. The quantitative estimate of drug-likeness (QED) is 0.370. The van der Waals surface area contributed by atoms with Crippen LogP contribution < -0.4 is 16.8 Å². The summed E-state index contributed by atoms with van der Waals surface area (Å²) in [5, 5.41) is 3.44. The Hall–Kier alpha value is -3.97. The minimum Gasteiger partial charge on any atom is -0.385 e. The van der Waals surface area contributed by atoms with Crippen LogP contribution in [0.15, 0.2) is 79.1 Å². The zero-order valence-corrected chi connectivity index (χ0v) is 17.7. The fraction of sp³-hybridized carbons (Fsp3) is 0.160. The predicted octanol–water partition coefficient (Wildman–Crippen LogP) is 4.07. The summed E-state index contributed by atoms with van der Waals surface area (Å²) >= 11 is 0. The minimum absolute atomic E-state index is 0.138. The molecule has 4 aromatic rings. The van der Waals surface area contributed by atoms with Crippen molar-refractivity contribution < 1.29 is 4.74 Å². The van der Waals surface area contributed by atoms with E-state index in [0.29, 0.717) is 18.1 Å². The van der Waals surface area contributed by atoms with Gasteiger partial charge in [0, 0.05) is 30.2 Å². The summed E-state index contributed by atoms with van der Waals surface area (Å²) in [7, 11) is 0. The molecule has 2 heterocycles. The van der Waals surface area contributed by atoms with Crippen molar-refractivity contribution >= 4 is 17.5 Å². The number of ether oxygens (including phenoxy) is 1. The van der Waals surface area contributed by atoms with Crippen molar-refractivity contribution in [2.75, 3.05) is 23.3 Å². The third-order valence-electron chi connectivity index (χ3n) is 5.05. The average Bonchev–Trinajstić information content (AvgIpc) is 2.81. The van der Waals surface area contributed by atoms with Gasteiger partial charge in [-0.2, -0.15) is 4.98 Å². The molecule has 162 valence electrons. The first-order chi connectivity index (χ1) is 15.7. The monoisotopic (exact) mass is 426 g/mol. The van der Waals surface area contributed by atoms with Gasteiger partial charge in [-0.25, -0.2) is 4.98 Å². The molecule has 5 N–H and O–H groups in total. The van der Waals surface area contributed by atoms with Gasteiger partial charge in [-0.1, -0.05) is 42.5 Å². The van der Waals surface area contributed by atoms with Crippen LogP contribution >= 0.6 is 0 Å². The van der Waals surface area contributed by atoms with Crippen molar-refractivity contribution in [3.05, 3.63) is 95.9 Å². The van der Waals surface area contributed by atoms with Crippen molar-refractivity contribution in [2.24, 2.45) is 0 Å². The third kappa shape index (κ3) is 5.59. The van der Waals surface area contributed by atoms with Crippen LogP contribution in [0.4, 0.5) is 17.5 Å². The smallest absolute Gasteiger partial charge is 0.222 e. The number of nitrogen functional groups attached to an aromatic ring is 2. The van der Waals surface area contributed by atoms with Crippen LogP contribution in [0.5, 0.6) is 0 Å². The van der Waals surface area contributed by atoms with Gasteiger partial charge in [-0.15, -0.1) is 0 Å². The van der Waals surface area contributed by atoms with Gasteiger partial charge in [0.1, 0.15) is 5.82 Å². The Morgan fingerprint density at radius 2 is 1.53 bits per heavy atom. The Balaban J connectivity index is 1.43. The molecule has 0 aliphatic rings. The number of benzene rings is 2. The number of rotatable bonds is 9. The van der Waals surface area contributed by atoms with Crippen LogP contribution in [0.2, 0.25) is 0 Å². The summed E-state index contributed by atoms with van der Waals surface area (Å²) < 4.78 is 5.88. The molecule has 7 nitrogen and oxygen atoms in total. The first kappa shape index (κ1) is 21.3. The number of nitrogens with two attached hydrogens (primary N) is 2. The van der Waals surface area contributed by atoms with E-state index in [1.807, 2.05) is 79.1 Å². The molecule has 7 heteroatoms. The van der Waals surface area contributed by atoms with Crippen LogP contribution in [-0.2, 0) is 24.4 Å². The number of hydrogen-bond donors (Lipinski definition) is 3. The summed E-state index contributed by atoms with van der Waals surface area (Å²) in [4.78, 5) is 12.6. The first-order valence-electron chi connectivity index (χ1n) is 10.5. The van der Waals surface area contributed by atoms with Gasteiger partial charge in [0.15, 0.2) is 0 Å². The summed E-state index contributed by atoms with van der Waals surface area (Å²) in [5.41, 5.74) is 17.8. The number of anilines is 3. The minimum atomic E-state index is 0.138. The molecule has 0 atom stereocenters. The van der Waals surface area contributed by atoms with Crippen LogP contribution in [0, 0.1) is 0 Å². The molecule has 0 spiro atoms. The highest BCUT2D eigenvalue weighted by Crippen LogP contribution is 2.30. The molecule has 0 saturated carbocycles. The maximum atomic E-state index is 6.21. The van der Waals surface area contributed by atoms with Gasteiger partial charge in [0.05, 0.1) is 18.9 Å². The lowest BCUT2D eigenvalue weighted by molar-refractivity contribution is 0.105. The Labute approximate surface area is 187 Å². The Bertz CT molecular complexity index is 1130. The second-order valence-corrected chi connectivity index (χ2v) is 7.38. The van der Waals surface area contributed by atoms with E-state index in [1.165, 1.54) is 5.56 Å². The highest BCUT2D eigenvalue weighted by Gasteiger charge is 2.14. The number of pyridine rings is 1. The van der Waals surface area contributed by atoms with Gasteiger partial charge in [-0.3, -0.25) is 4.98 Å². The molecule has 4 rings (SSSR count). The van der Waals surface area contributed by atoms with Crippen molar-refractivity contribution in [1.29, 1.82) is 0 Å². The lowest BCUT2D eigenvalue weighted by atomic mass is 10.0. The summed E-state index contributed by atoms with van der Waals surface area (Å²) in [6.07, 6.45) is 4.54. The molecule has 2 aromatic carbocycles. The highest BCUT2D eigenvalue weighted by molar-refractivity contribution is 5.77. The van der Waals surface area contributed by atoms with E-state index in [-0.39, 0.29) is 12.6 Å². The fourth-order valence-electron chi connectivity index (χ4n) is 3.46. The number of aromatic nitrogens is 3. The summed E-state index contributed by atoms with van der Waals surface area (Å²) in [6.45, 7) is 1.59. The molecule has 0 amide bonds. The Kier molecular flexibility index (Phi) is 6.89. The molecule has 32 heavy (non-hydrogen) atoms. The zero-order valence-electron chi connectivity index (χ0n) is 17.7. The van der Waals surface area contributed by atoms with Gasteiger partial charge < -0.3 is 21.5 Å². The molecule has 0 aliphatic heterocycles. The van der Waals surface area contributed by atoms with Crippen LogP contribution in [0.25, 0.3) is 11.1 Å². The maximum absolute atomic E-state index is 6.21. The predicted molar refractivity (Wildman–Crippen MR) is 128 cm³/mol.